The molecular weight excluding hydrogens is 409 g/mol. The molecule has 9 heteroatoms. The minimum atomic E-state index is -4.49. The van der Waals surface area contributed by atoms with E-state index in [0.717, 1.165) is 38.2 Å². The molecule has 0 radical (unpaired) electrons. The Bertz CT molecular complexity index is 989. The molecule has 31 heavy (non-hydrogen) atoms. The maximum atomic E-state index is 13.4. The third-order valence-corrected chi connectivity index (χ3v) is 5.44. The van der Waals surface area contributed by atoms with E-state index in [9.17, 15) is 22.8 Å². The van der Waals surface area contributed by atoms with Crippen LogP contribution in [0.1, 0.15) is 54.6 Å². The van der Waals surface area contributed by atoms with Gasteiger partial charge in [-0.2, -0.15) is 18.3 Å². The molecule has 1 aromatic carbocycles. The first-order valence-electron chi connectivity index (χ1n) is 10.2. The summed E-state index contributed by atoms with van der Waals surface area (Å²) in [5.74, 6) is -1.62. The molecule has 0 atom stereocenters. The minimum absolute atomic E-state index is 0.00334. The van der Waals surface area contributed by atoms with Crippen LogP contribution in [0, 0.1) is 13.8 Å². The Morgan fingerprint density at radius 3 is 2.45 bits per heavy atom. The van der Waals surface area contributed by atoms with Crippen molar-refractivity contribution in [2.75, 3.05) is 0 Å². The van der Waals surface area contributed by atoms with E-state index in [1.54, 1.807) is 26.0 Å². The van der Waals surface area contributed by atoms with Crippen LogP contribution in [0.4, 0.5) is 13.2 Å². The Hall–Kier alpha value is -3.10. The van der Waals surface area contributed by atoms with Gasteiger partial charge < -0.3 is 9.88 Å². The van der Waals surface area contributed by atoms with Crippen molar-refractivity contribution in [1.82, 2.24) is 15.3 Å². The van der Waals surface area contributed by atoms with Gasteiger partial charge >= 0.3 is 18.0 Å². The molecule has 1 aliphatic rings. The Morgan fingerprint density at radius 1 is 1.10 bits per heavy atom. The standard InChI is InChI=1S/C22H25F3N4O2/c1-14-12-16(13-26-28-21(31)20(30)27-17-8-4-3-5-9-17)15(2)29(14)19-11-7-6-10-18(19)22(23,24)25/h6-7,10-13,17H,3-5,8-9H2,1-2H3,(H,27,30)(H,28,31)/b26-13+. The third kappa shape index (κ3) is 5.34. The van der Waals surface area contributed by atoms with Gasteiger partial charge in [0.2, 0.25) is 0 Å². The number of halogens is 3. The molecule has 1 fully saturated rings. The summed E-state index contributed by atoms with van der Waals surface area (Å²) in [4.78, 5) is 24.0. The van der Waals surface area contributed by atoms with Crippen molar-refractivity contribution in [3.05, 3.63) is 52.8 Å². The molecule has 3 rings (SSSR count). The number of carbonyl (C=O) groups is 2. The second-order valence-corrected chi connectivity index (χ2v) is 7.68. The molecule has 1 saturated carbocycles. The maximum absolute atomic E-state index is 13.4. The second-order valence-electron chi connectivity index (χ2n) is 7.68. The summed E-state index contributed by atoms with van der Waals surface area (Å²) in [6, 6.07) is 7.00. The van der Waals surface area contributed by atoms with Gasteiger partial charge in [-0.1, -0.05) is 31.4 Å². The molecule has 0 bridgehead atoms. The Balaban J connectivity index is 1.72. The van der Waals surface area contributed by atoms with Crippen molar-refractivity contribution in [3.8, 4) is 5.69 Å². The van der Waals surface area contributed by atoms with Crippen molar-refractivity contribution < 1.29 is 22.8 Å². The number of benzene rings is 1. The summed E-state index contributed by atoms with van der Waals surface area (Å²) in [5, 5.41) is 6.51. The first-order chi connectivity index (χ1) is 14.7. The molecule has 0 spiro atoms. The van der Waals surface area contributed by atoms with Crippen LogP contribution in [0.3, 0.4) is 0 Å². The van der Waals surface area contributed by atoms with Crippen LogP contribution in [-0.2, 0) is 15.8 Å². The second kappa shape index (κ2) is 9.36. The Kier molecular flexibility index (Phi) is 6.82. The van der Waals surface area contributed by atoms with Crippen molar-refractivity contribution in [2.45, 2.75) is 58.2 Å². The number of aromatic nitrogens is 1. The lowest BCUT2D eigenvalue weighted by Gasteiger charge is -2.22. The van der Waals surface area contributed by atoms with Crippen molar-refractivity contribution in [3.63, 3.8) is 0 Å². The van der Waals surface area contributed by atoms with E-state index in [0.29, 0.717) is 17.0 Å². The molecule has 1 aromatic heterocycles. The zero-order chi connectivity index (χ0) is 22.6. The highest BCUT2D eigenvalue weighted by Gasteiger charge is 2.34. The molecule has 0 aliphatic heterocycles. The van der Waals surface area contributed by atoms with Crippen LogP contribution in [-0.4, -0.2) is 28.6 Å². The Labute approximate surface area is 178 Å². The van der Waals surface area contributed by atoms with E-state index < -0.39 is 23.6 Å². The zero-order valence-corrected chi connectivity index (χ0v) is 17.4. The number of carbonyl (C=O) groups excluding carboxylic acids is 2. The summed E-state index contributed by atoms with van der Waals surface area (Å²) in [6.07, 6.45) is 1.72. The lowest BCUT2D eigenvalue weighted by molar-refractivity contribution is -0.139. The summed E-state index contributed by atoms with van der Waals surface area (Å²) in [5.41, 5.74) is 3.09. The largest absolute Gasteiger partial charge is 0.418 e. The van der Waals surface area contributed by atoms with Crippen molar-refractivity contribution in [2.24, 2.45) is 5.10 Å². The number of rotatable bonds is 4. The summed E-state index contributed by atoms with van der Waals surface area (Å²) < 4.78 is 41.7. The fraction of sp³-hybridized carbons (Fsp3) is 0.409. The highest BCUT2D eigenvalue weighted by molar-refractivity contribution is 6.35. The van der Waals surface area contributed by atoms with Crippen LogP contribution >= 0.6 is 0 Å². The van der Waals surface area contributed by atoms with Crippen LogP contribution in [0.5, 0.6) is 0 Å². The molecule has 2 N–H and O–H groups in total. The quantitative estimate of drug-likeness (QED) is 0.433. The zero-order valence-electron chi connectivity index (χ0n) is 17.4. The predicted molar refractivity (Wildman–Crippen MR) is 111 cm³/mol. The average Bonchev–Trinajstić information content (AvgIpc) is 3.01. The first-order valence-corrected chi connectivity index (χ1v) is 10.2. The normalized spacial score (nSPS) is 15.3. The van der Waals surface area contributed by atoms with E-state index in [4.69, 9.17) is 0 Å². The van der Waals surface area contributed by atoms with Gasteiger partial charge in [-0.25, -0.2) is 5.43 Å². The summed E-state index contributed by atoms with van der Waals surface area (Å²) in [7, 11) is 0. The summed E-state index contributed by atoms with van der Waals surface area (Å²) in [6.45, 7) is 3.35. The van der Waals surface area contributed by atoms with E-state index >= 15 is 0 Å². The molecule has 1 aliphatic carbocycles. The number of hydrogen-bond acceptors (Lipinski definition) is 3. The minimum Gasteiger partial charge on any atom is -0.345 e. The monoisotopic (exact) mass is 434 g/mol. The molecule has 2 aromatic rings. The van der Waals surface area contributed by atoms with Crippen LogP contribution < -0.4 is 10.7 Å². The molecule has 0 unspecified atom stereocenters. The van der Waals surface area contributed by atoms with Gasteiger partial charge in [0.25, 0.3) is 0 Å². The molecule has 0 saturated heterocycles. The lowest BCUT2D eigenvalue weighted by Crippen LogP contribution is -2.44. The van der Waals surface area contributed by atoms with E-state index in [1.165, 1.54) is 22.9 Å². The Morgan fingerprint density at radius 2 is 1.77 bits per heavy atom. The highest BCUT2D eigenvalue weighted by atomic mass is 19.4. The van der Waals surface area contributed by atoms with Gasteiger partial charge in [0.1, 0.15) is 0 Å². The van der Waals surface area contributed by atoms with Gasteiger partial charge in [0.15, 0.2) is 0 Å². The number of aryl methyl sites for hydroxylation is 1. The summed E-state index contributed by atoms with van der Waals surface area (Å²) >= 11 is 0. The van der Waals surface area contributed by atoms with Gasteiger partial charge in [-0.3, -0.25) is 9.59 Å². The van der Waals surface area contributed by atoms with E-state index in [2.05, 4.69) is 15.8 Å². The van der Waals surface area contributed by atoms with E-state index in [1.807, 2.05) is 0 Å². The van der Waals surface area contributed by atoms with Crippen LogP contribution in [0.15, 0.2) is 35.4 Å². The first kappa shape index (κ1) is 22.6. The van der Waals surface area contributed by atoms with Gasteiger partial charge in [-0.05, 0) is 44.9 Å². The highest BCUT2D eigenvalue weighted by Crippen LogP contribution is 2.35. The molecule has 2 amide bonds. The number of hydrogen-bond donors (Lipinski definition) is 2. The topological polar surface area (TPSA) is 75.5 Å². The SMILES string of the molecule is Cc1cc(/C=N/NC(=O)C(=O)NC2CCCCC2)c(C)n1-c1ccccc1C(F)(F)F. The van der Waals surface area contributed by atoms with Crippen LogP contribution in [0.25, 0.3) is 5.69 Å². The van der Waals surface area contributed by atoms with Crippen molar-refractivity contribution >= 4 is 18.0 Å². The molecular formula is C22H25F3N4O2. The molecule has 6 nitrogen and oxygen atoms in total. The van der Waals surface area contributed by atoms with E-state index in [-0.39, 0.29) is 11.7 Å². The maximum Gasteiger partial charge on any atom is 0.418 e. The third-order valence-electron chi connectivity index (χ3n) is 5.44. The molecule has 166 valence electrons. The van der Waals surface area contributed by atoms with Crippen molar-refractivity contribution in [1.29, 1.82) is 0 Å². The number of nitrogens with zero attached hydrogens (tertiary/aromatic N) is 2. The fourth-order valence-electron chi connectivity index (χ4n) is 3.91. The predicted octanol–water partition coefficient (Wildman–Crippen LogP) is 4.01. The smallest absolute Gasteiger partial charge is 0.345 e. The number of para-hydroxylation sites is 1. The average molecular weight is 434 g/mol. The lowest BCUT2D eigenvalue weighted by atomic mass is 9.95. The van der Waals surface area contributed by atoms with Gasteiger partial charge in [-0.15, -0.1) is 0 Å². The number of alkyl halides is 3. The number of amides is 2. The van der Waals surface area contributed by atoms with Gasteiger partial charge in [0.05, 0.1) is 17.5 Å². The number of hydrazone groups is 1. The molecule has 1 heterocycles. The van der Waals surface area contributed by atoms with Gasteiger partial charge in [0, 0.05) is 23.0 Å². The van der Waals surface area contributed by atoms with Crippen LogP contribution in [0.2, 0.25) is 0 Å². The number of nitrogens with one attached hydrogen (secondary N) is 2. The fourth-order valence-corrected chi connectivity index (χ4v) is 3.91.